The molecule has 1 rings (SSSR count). The Morgan fingerprint density at radius 1 is 1.78 bits per heavy atom. The number of carboxylic acid groups (broad SMARTS) is 1. The molecule has 1 heterocycles. The van der Waals surface area contributed by atoms with Crippen molar-refractivity contribution in [3.63, 3.8) is 0 Å². The molecule has 2 N–H and O–H groups in total. The average molecular weight is 251 g/mol. The molecule has 1 aromatic rings. The summed E-state index contributed by atoms with van der Waals surface area (Å²) in [6.45, 7) is 5.02. The summed E-state index contributed by atoms with van der Waals surface area (Å²) in [4.78, 5) is 25.0. The van der Waals surface area contributed by atoms with Gasteiger partial charge in [0, 0.05) is 11.8 Å². The van der Waals surface area contributed by atoms with Crippen molar-refractivity contribution < 1.29 is 14.8 Å². The number of anilines is 1. The van der Waals surface area contributed by atoms with Gasteiger partial charge in [0.2, 0.25) is 0 Å². The van der Waals surface area contributed by atoms with E-state index < -0.39 is 16.9 Å². The molecule has 7 heteroatoms. The molecule has 7 nitrogen and oxygen atoms in total. The van der Waals surface area contributed by atoms with E-state index in [1.165, 1.54) is 18.3 Å². The Kier molecular flexibility index (Phi) is 4.36. The van der Waals surface area contributed by atoms with Crippen molar-refractivity contribution in [3.05, 3.63) is 40.6 Å². The van der Waals surface area contributed by atoms with Gasteiger partial charge in [-0.25, -0.2) is 9.78 Å². The van der Waals surface area contributed by atoms with Crippen molar-refractivity contribution in [1.82, 2.24) is 4.98 Å². The molecule has 0 amide bonds. The van der Waals surface area contributed by atoms with Gasteiger partial charge in [0.25, 0.3) is 5.69 Å². The molecule has 0 spiro atoms. The summed E-state index contributed by atoms with van der Waals surface area (Å²) in [5.74, 6) is -0.915. The molecule has 96 valence electrons. The molecule has 0 saturated heterocycles. The van der Waals surface area contributed by atoms with Gasteiger partial charge >= 0.3 is 5.97 Å². The first-order valence-electron chi connectivity index (χ1n) is 5.17. The van der Waals surface area contributed by atoms with E-state index in [-0.39, 0.29) is 17.9 Å². The second-order valence-electron chi connectivity index (χ2n) is 3.67. The first-order valence-corrected chi connectivity index (χ1v) is 5.17. The SMILES string of the molecule is C=CCC(Nc1cc([N+](=O)[O-])c(C)cn1)C(=O)O. The third-order valence-corrected chi connectivity index (χ3v) is 2.29. The predicted octanol–water partition coefficient (Wildman–Crippen LogP) is 1.74. The van der Waals surface area contributed by atoms with E-state index in [9.17, 15) is 14.9 Å². The topological polar surface area (TPSA) is 105 Å². The lowest BCUT2D eigenvalue weighted by Crippen LogP contribution is -2.29. The molecule has 18 heavy (non-hydrogen) atoms. The summed E-state index contributed by atoms with van der Waals surface area (Å²) in [6.07, 6.45) is 2.97. The van der Waals surface area contributed by atoms with Crippen LogP contribution in [0.2, 0.25) is 0 Å². The van der Waals surface area contributed by atoms with Gasteiger partial charge in [0.1, 0.15) is 11.9 Å². The monoisotopic (exact) mass is 251 g/mol. The number of aromatic nitrogens is 1. The zero-order valence-corrected chi connectivity index (χ0v) is 9.79. The van der Waals surface area contributed by atoms with Gasteiger partial charge in [0.15, 0.2) is 0 Å². The number of rotatable bonds is 6. The quantitative estimate of drug-likeness (QED) is 0.453. The van der Waals surface area contributed by atoms with E-state index >= 15 is 0 Å². The molecular formula is C11H13N3O4. The summed E-state index contributed by atoms with van der Waals surface area (Å²) in [6, 6.07) is 0.311. The van der Waals surface area contributed by atoms with Gasteiger partial charge in [-0.15, -0.1) is 6.58 Å². The molecule has 0 aliphatic carbocycles. The van der Waals surface area contributed by atoms with Crippen molar-refractivity contribution in [1.29, 1.82) is 0 Å². The van der Waals surface area contributed by atoms with Crippen LogP contribution in [0.25, 0.3) is 0 Å². The van der Waals surface area contributed by atoms with E-state index in [0.29, 0.717) is 5.56 Å². The second-order valence-corrected chi connectivity index (χ2v) is 3.67. The van der Waals surface area contributed by atoms with Crippen molar-refractivity contribution >= 4 is 17.5 Å². The van der Waals surface area contributed by atoms with E-state index in [2.05, 4.69) is 16.9 Å². The molecule has 0 aromatic carbocycles. The highest BCUT2D eigenvalue weighted by Crippen LogP contribution is 2.20. The maximum atomic E-state index is 10.9. The average Bonchev–Trinajstić information content (AvgIpc) is 2.30. The fourth-order valence-electron chi connectivity index (χ4n) is 1.36. The summed E-state index contributed by atoms with van der Waals surface area (Å²) >= 11 is 0. The molecule has 0 aliphatic rings. The Balaban J connectivity index is 2.96. The number of nitrogens with zero attached hydrogens (tertiary/aromatic N) is 2. The number of pyridine rings is 1. The van der Waals surface area contributed by atoms with Crippen LogP contribution in [0.1, 0.15) is 12.0 Å². The highest BCUT2D eigenvalue weighted by atomic mass is 16.6. The van der Waals surface area contributed by atoms with Gasteiger partial charge in [-0.2, -0.15) is 0 Å². The third kappa shape index (κ3) is 3.27. The van der Waals surface area contributed by atoms with Gasteiger partial charge in [-0.05, 0) is 13.3 Å². The summed E-state index contributed by atoms with van der Waals surface area (Å²) in [5, 5.41) is 22.3. The Bertz CT molecular complexity index is 487. The van der Waals surface area contributed by atoms with Crippen molar-refractivity contribution in [3.8, 4) is 0 Å². The minimum atomic E-state index is -1.07. The minimum absolute atomic E-state index is 0.102. The minimum Gasteiger partial charge on any atom is -0.480 e. The molecule has 0 saturated carbocycles. The molecule has 1 atom stereocenters. The Morgan fingerprint density at radius 3 is 2.94 bits per heavy atom. The van der Waals surface area contributed by atoms with Crippen LogP contribution in [0.4, 0.5) is 11.5 Å². The van der Waals surface area contributed by atoms with E-state index in [1.54, 1.807) is 6.92 Å². The molecule has 1 aromatic heterocycles. The molecule has 0 bridgehead atoms. The molecule has 0 radical (unpaired) electrons. The van der Waals surface area contributed by atoms with Gasteiger partial charge < -0.3 is 10.4 Å². The van der Waals surface area contributed by atoms with Crippen LogP contribution in [0.15, 0.2) is 24.9 Å². The number of hydrogen-bond donors (Lipinski definition) is 2. The largest absolute Gasteiger partial charge is 0.480 e. The van der Waals surface area contributed by atoms with Crippen molar-refractivity contribution in [2.24, 2.45) is 0 Å². The number of nitro groups is 1. The Morgan fingerprint density at radius 2 is 2.44 bits per heavy atom. The summed E-state index contributed by atoms with van der Waals surface area (Å²) in [7, 11) is 0. The Labute approximate surface area is 103 Å². The van der Waals surface area contributed by atoms with Gasteiger partial charge in [0.05, 0.1) is 11.0 Å². The molecule has 0 fully saturated rings. The van der Waals surface area contributed by atoms with Gasteiger partial charge in [-0.3, -0.25) is 10.1 Å². The van der Waals surface area contributed by atoms with Crippen LogP contribution < -0.4 is 5.32 Å². The molecule has 1 unspecified atom stereocenters. The molecular weight excluding hydrogens is 238 g/mol. The van der Waals surface area contributed by atoms with Crippen molar-refractivity contribution in [2.45, 2.75) is 19.4 Å². The Hall–Kier alpha value is -2.44. The lowest BCUT2D eigenvalue weighted by Gasteiger charge is -2.13. The lowest BCUT2D eigenvalue weighted by atomic mass is 10.2. The second kappa shape index (κ2) is 5.76. The number of hydrogen-bond acceptors (Lipinski definition) is 5. The zero-order valence-electron chi connectivity index (χ0n) is 9.79. The summed E-state index contributed by atoms with van der Waals surface area (Å²) in [5.41, 5.74) is 0.316. The fourth-order valence-corrected chi connectivity index (χ4v) is 1.36. The first-order chi connectivity index (χ1) is 8.45. The summed E-state index contributed by atoms with van der Waals surface area (Å²) < 4.78 is 0. The zero-order chi connectivity index (χ0) is 13.7. The van der Waals surface area contributed by atoms with Crippen LogP contribution in [-0.2, 0) is 4.79 Å². The van der Waals surface area contributed by atoms with Crippen molar-refractivity contribution in [2.75, 3.05) is 5.32 Å². The number of aliphatic carboxylic acids is 1. The van der Waals surface area contributed by atoms with Gasteiger partial charge in [-0.1, -0.05) is 6.08 Å². The van der Waals surface area contributed by atoms with E-state index in [1.807, 2.05) is 0 Å². The highest BCUT2D eigenvalue weighted by Gasteiger charge is 2.18. The standard InChI is InChI=1S/C11H13N3O4/c1-3-4-8(11(15)16)13-10-5-9(14(17)18)7(2)6-12-10/h3,5-6,8H,1,4H2,2H3,(H,12,13)(H,15,16). The van der Waals surface area contributed by atoms with Crippen LogP contribution in [0.5, 0.6) is 0 Å². The maximum absolute atomic E-state index is 10.9. The van der Waals surface area contributed by atoms with E-state index in [4.69, 9.17) is 5.11 Å². The smallest absolute Gasteiger partial charge is 0.326 e. The number of carboxylic acids is 1. The van der Waals surface area contributed by atoms with E-state index in [0.717, 1.165) is 0 Å². The first kappa shape index (κ1) is 13.6. The van der Waals surface area contributed by atoms with Crippen LogP contribution in [0, 0.1) is 17.0 Å². The fraction of sp³-hybridized carbons (Fsp3) is 0.273. The van der Waals surface area contributed by atoms with Crippen LogP contribution in [-0.4, -0.2) is 27.0 Å². The number of carbonyl (C=O) groups is 1. The lowest BCUT2D eigenvalue weighted by molar-refractivity contribution is -0.385. The van der Waals surface area contributed by atoms with Crippen LogP contribution >= 0.6 is 0 Å². The highest BCUT2D eigenvalue weighted by molar-refractivity contribution is 5.77. The maximum Gasteiger partial charge on any atom is 0.326 e. The number of aryl methyl sites for hydroxylation is 1. The van der Waals surface area contributed by atoms with Crippen LogP contribution in [0.3, 0.4) is 0 Å². The third-order valence-electron chi connectivity index (χ3n) is 2.29. The molecule has 0 aliphatic heterocycles. The predicted molar refractivity (Wildman–Crippen MR) is 65.5 cm³/mol. The normalized spacial score (nSPS) is 11.6. The number of nitrogens with one attached hydrogen (secondary N) is 1.